The first-order chi connectivity index (χ1) is 12.9. The Labute approximate surface area is 160 Å². The van der Waals surface area contributed by atoms with E-state index in [0.29, 0.717) is 37.4 Å². The average molecular weight is 366 g/mol. The monoisotopic (exact) mass is 366 g/mol. The Hall–Kier alpha value is -2.82. The molecule has 0 unspecified atom stereocenters. The molecule has 2 amide bonds. The number of rotatable bonds is 4. The van der Waals surface area contributed by atoms with Gasteiger partial charge in [-0.15, -0.1) is 0 Å². The minimum Gasteiger partial charge on any atom is -0.508 e. The van der Waals surface area contributed by atoms with Crippen LogP contribution >= 0.6 is 0 Å². The van der Waals surface area contributed by atoms with Crippen molar-refractivity contribution in [1.29, 1.82) is 0 Å². The van der Waals surface area contributed by atoms with Crippen LogP contribution in [0.2, 0.25) is 0 Å². The molecule has 0 spiro atoms. The lowest BCUT2D eigenvalue weighted by atomic mass is 9.89. The third-order valence-electron chi connectivity index (χ3n) is 5.13. The Morgan fingerprint density at radius 3 is 2.15 bits per heavy atom. The number of hydrogen-bond donors (Lipinski definition) is 2. The van der Waals surface area contributed by atoms with Gasteiger partial charge in [0.25, 0.3) is 0 Å². The molecule has 1 aliphatic rings. The van der Waals surface area contributed by atoms with Crippen LogP contribution in [-0.2, 0) is 0 Å². The number of carbonyl (C=O) groups excluding carboxylic acids is 2. The summed E-state index contributed by atoms with van der Waals surface area (Å²) in [6.45, 7) is 5.39. The Morgan fingerprint density at radius 1 is 1.00 bits per heavy atom. The highest BCUT2D eigenvalue weighted by molar-refractivity contribution is 5.98. The molecule has 27 heavy (non-hydrogen) atoms. The quantitative estimate of drug-likeness (QED) is 0.774. The second-order valence-electron chi connectivity index (χ2n) is 7.38. The van der Waals surface area contributed by atoms with E-state index < -0.39 is 0 Å². The van der Waals surface area contributed by atoms with Crippen LogP contribution in [0, 0.1) is 5.92 Å². The van der Waals surface area contributed by atoms with Gasteiger partial charge in [-0.25, -0.2) is 4.79 Å². The maximum atomic E-state index is 12.6. The number of Topliss-reactive ketones (excluding diaryl/α,β-unsaturated/α-hetero) is 1. The van der Waals surface area contributed by atoms with E-state index in [-0.39, 0.29) is 23.5 Å². The van der Waals surface area contributed by atoms with E-state index in [1.54, 1.807) is 17.0 Å². The lowest BCUT2D eigenvalue weighted by molar-refractivity contribution is 0.0859. The van der Waals surface area contributed by atoms with E-state index in [9.17, 15) is 14.7 Å². The van der Waals surface area contributed by atoms with Gasteiger partial charge in [0.15, 0.2) is 5.78 Å². The van der Waals surface area contributed by atoms with Gasteiger partial charge in [0.1, 0.15) is 5.75 Å². The minimum absolute atomic E-state index is 0.0797. The molecule has 1 saturated heterocycles. The fraction of sp³-hybridized carbons (Fsp3) is 0.364. The third kappa shape index (κ3) is 4.67. The van der Waals surface area contributed by atoms with E-state index in [1.165, 1.54) is 17.7 Å². The third-order valence-corrected chi connectivity index (χ3v) is 5.13. The summed E-state index contributed by atoms with van der Waals surface area (Å²) in [6, 6.07) is 14.1. The molecule has 2 aromatic rings. The maximum Gasteiger partial charge on any atom is 0.321 e. The van der Waals surface area contributed by atoms with Gasteiger partial charge in [-0.2, -0.15) is 0 Å². The molecule has 3 rings (SSSR count). The zero-order chi connectivity index (χ0) is 19.4. The number of urea groups is 1. The van der Waals surface area contributed by atoms with Crippen LogP contribution in [0.5, 0.6) is 5.75 Å². The molecule has 5 heteroatoms. The number of benzene rings is 2. The number of hydrogen-bond acceptors (Lipinski definition) is 3. The first kappa shape index (κ1) is 19.0. The van der Waals surface area contributed by atoms with Crippen molar-refractivity contribution in [2.24, 2.45) is 5.92 Å². The van der Waals surface area contributed by atoms with Gasteiger partial charge in [0.05, 0.1) is 0 Å². The van der Waals surface area contributed by atoms with Crippen LogP contribution in [0.15, 0.2) is 48.5 Å². The number of phenols is 1. The van der Waals surface area contributed by atoms with E-state index >= 15 is 0 Å². The molecule has 2 aromatic carbocycles. The Morgan fingerprint density at radius 2 is 1.59 bits per heavy atom. The predicted octanol–water partition coefficient (Wildman–Crippen LogP) is 4.64. The Kier molecular flexibility index (Phi) is 5.79. The number of piperidine rings is 1. The number of phenolic OH excluding ortho intramolecular Hbond substituents is 1. The molecule has 0 aliphatic carbocycles. The summed E-state index contributed by atoms with van der Waals surface area (Å²) in [5, 5.41) is 12.3. The van der Waals surface area contributed by atoms with E-state index in [2.05, 4.69) is 19.2 Å². The van der Waals surface area contributed by atoms with E-state index in [0.717, 1.165) is 5.69 Å². The Bertz CT molecular complexity index is 789. The average Bonchev–Trinajstić information content (AvgIpc) is 2.68. The normalized spacial score (nSPS) is 15.0. The molecule has 2 N–H and O–H groups in total. The lowest BCUT2D eigenvalue weighted by Gasteiger charge is -2.31. The highest BCUT2D eigenvalue weighted by atomic mass is 16.3. The highest BCUT2D eigenvalue weighted by Crippen LogP contribution is 2.24. The van der Waals surface area contributed by atoms with Crippen LogP contribution in [0.1, 0.15) is 48.5 Å². The van der Waals surface area contributed by atoms with Gasteiger partial charge in [-0.05, 0) is 60.7 Å². The van der Waals surface area contributed by atoms with Gasteiger partial charge < -0.3 is 15.3 Å². The zero-order valence-electron chi connectivity index (χ0n) is 15.8. The number of carbonyl (C=O) groups is 2. The van der Waals surface area contributed by atoms with Crippen LogP contribution in [0.25, 0.3) is 0 Å². The zero-order valence-corrected chi connectivity index (χ0v) is 15.8. The summed E-state index contributed by atoms with van der Waals surface area (Å²) in [6.07, 6.45) is 1.30. The summed E-state index contributed by atoms with van der Waals surface area (Å²) >= 11 is 0. The number of ketones is 1. The van der Waals surface area contributed by atoms with Crippen molar-refractivity contribution < 1.29 is 14.7 Å². The fourth-order valence-corrected chi connectivity index (χ4v) is 3.36. The highest BCUT2D eigenvalue weighted by Gasteiger charge is 2.28. The Balaban J connectivity index is 1.53. The molecular formula is C22H26N2O3. The first-order valence-electron chi connectivity index (χ1n) is 9.43. The molecule has 0 bridgehead atoms. The molecule has 0 atom stereocenters. The summed E-state index contributed by atoms with van der Waals surface area (Å²) in [5.74, 6) is 0.614. The summed E-state index contributed by atoms with van der Waals surface area (Å²) in [5.41, 5.74) is 2.63. The topological polar surface area (TPSA) is 69.6 Å². The molecule has 5 nitrogen and oxygen atoms in total. The van der Waals surface area contributed by atoms with Crippen molar-refractivity contribution in [3.8, 4) is 5.75 Å². The van der Waals surface area contributed by atoms with Gasteiger partial charge in [-0.3, -0.25) is 4.79 Å². The smallest absolute Gasteiger partial charge is 0.321 e. The number of nitrogens with zero attached hydrogens (tertiary/aromatic N) is 1. The van der Waals surface area contributed by atoms with Crippen molar-refractivity contribution in [1.82, 2.24) is 4.90 Å². The number of amides is 2. The molecule has 0 aromatic heterocycles. The summed E-state index contributed by atoms with van der Waals surface area (Å²) < 4.78 is 0. The number of aromatic hydroxyl groups is 1. The fourth-order valence-electron chi connectivity index (χ4n) is 3.36. The van der Waals surface area contributed by atoms with Crippen molar-refractivity contribution in [2.45, 2.75) is 32.6 Å². The molecule has 1 aliphatic heterocycles. The second-order valence-corrected chi connectivity index (χ2v) is 7.38. The summed E-state index contributed by atoms with van der Waals surface area (Å²) in [4.78, 5) is 26.8. The molecule has 0 radical (unpaired) electrons. The van der Waals surface area contributed by atoms with Gasteiger partial charge in [0, 0.05) is 30.3 Å². The summed E-state index contributed by atoms with van der Waals surface area (Å²) in [7, 11) is 0. The van der Waals surface area contributed by atoms with Crippen molar-refractivity contribution in [3.63, 3.8) is 0 Å². The van der Waals surface area contributed by atoms with Gasteiger partial charge in [0.2, 0.25) is 0 Å². The first-order valence-corrected chi connectivity index (χ1v) is 9.43. The molecule has 1 heterocycles. The van der Waals surface area contributed by atoms with Crippen LogP contribution < -0.4 is 5.32 Å². The minimum atomic E-state index is -0.122. The standard InChI is InChI=1S/C22H26N2O3/c1-15(2)16-3-7-19(8-4-16)23-22(27)24-13-11-18(12-14-24)21(26)17-5-9-20(25)10-6-17/h3-10,15,18,25H,11-14H2,1-2H3,(H,23,27). The largest absolute Gasteiger partial charge is 0.508 e. The molecule has 142 valence electrons. The van der Waals surface area contributed by atoms with Gasteiger partial charge >= 0.3 is 6.03 Å². The molecule has 1 fully saturated rings. The number of nitrogens with one attached hydrogen (secondary N) is 1. The van der Waals surface area contributed by atoms with Crippen molar-refractivity contribution in [2.75, 3.05) is 18.4 Å². The maximum absolute atomic E-state index is 12.6. The van der Waals surface area contributed by atoms with Crippen molar-refractivity contribution in [3.05, 3.63) is 59.7 Å². The second kappa shape index (κ2) is 8.25. The van der Waals surface area contributed by atoms with E-state index in [1.807, 2.05) is 24.3 Å². The van der Waals surface area contributed by atoms with E-state index in [4.69, 9.17) is 0 Å². The number of likely N-dealkylation sites (tertiary alicyclic amines) is 1. The van der Waals surface area contributed by atoms with Gasteiger partial charge in [-0.1, -0.05) is 26.0 Å². The molecular weight excluding hydrogens is 340 g/mol. The predicted molar refractivity (Wildman–Crippen MR) is 106 cm³/mol. The number of anilines is 1. The SMILES string of the molecule is CC(C)c1ccc(NC(=O)N2CCC(C(=O)c3ccc(O)cc3)CC2)cc1. The van der Waals surface area contributed by atoms with Crippen molar-refractivity contribution >= 4 is 17.5 Å². The van der Waals surface area contributed by atoms with Crippen LogP contribution in [-0.4, -0.2) is 34.9 Å². The molecule has 0 saturated carbocycles. The van der Waals surface area contributed by atoms with Crippen LogP contribution in [0.3, 0.4) is 0 Å². The lowest BCUT2D eigenvalue weighted by Crippen LogP contribution is -2.42. The van der Waals surface area contributed by atoms with Crippen LogP contribution in [0.4, 0.5) is 10.5 Å².